The van der Waals surface area contributed by atoms with Crippen molar-refractivity contribution in [3.63, 3.8) is 0 Å². The number of ether oxygens (including phenoxy) is 2. The maximum Gasteiger partial charge on any atom is 0.341 e. The molecule has 0 saturated carbocycles. The van der Waals surface area contributed by atoms with Crippen LogP contribution in [0.1, 0.15) is 25.8 Å². The Bertz CT molecular complexity index is 401. The Morgan fingerprint density at radius 3 is 2.50 bits per heavy atom. The van der Waals surface area contributed by atoms with Gasteiger partial charge in [-0.15, -0.1) is 0 Å². The lowest BCUT2D eigenvalue weighted by molar-refractivity contribution is -0.147. The first kappa shape index (κ1) is 11.1. The molecule has 0 aromatic heterocycles. The minimum absolute atomic E-state index is 0.290. The summed E-state index contributed by atoms with van der Waals surface area (Å²) in [6, 6.07) is 9.78. The number of hydrogen-bond acceptors (Lipinski definition) is 3. The maximum atomic E-state index is 11.8. The summed E-state index contributed by atoms with van der Waals surface area (Å²) in [5, 5.41) is 0. The van der Waals surface area contributed by atoms with E-state index in [1.165, 1.54) is 7.11 Å². The summed E-state index contributed by atoms with van der Waals surface area (Å²) in [6.45, 7) is 3.87. The van der Waals surface area contributed by atoms with Gasteiger partial charge < -0.3 is 9.47 Å². The second kappa shape index (κ2) is 3.59. The predicted molar refractivity (Wildman–Crippen MR) is 59.9 cm³/mol. The van der Waals surface area contributed by atoms with Gasteiger partial charge >= 0.3 is 5.97 Å². The first-order valence-corrected chi connectivity index (χ1v) is 5.45. The van der Waals surface area contributed by atoms with E-state index in [1.807, 2.05) is 44.2 Å². The van der Waals surface area contributed by atoms with Crippen molar-refractivity contribution >= 4 is 5.97 Å². The van der Waals surface area contributed by atoms with Gasteiger partial charge in [0.2, 0.25) is 0 Å². The van der Waals surface area contributed by atoms with Gasteiger partial charge in [0.1, 0.15) is 5.60 Å². The molecule has 1 aliphatic heterocycles. The van der Waals surface area contributed by atoms with Gasteiger partial charge in [0, 0.05) is 0 Å². The minimum Gasteiger partial charge on any atom is -0.467 e. The van der Waals surface area contributed by atoms with E-state index in [4.69, 9.17) is 9.47 Å². The fourth-order valence-corrected chi connectivity index (χ4v) is 2.33. The SMILES string of the molecule is CCC1(C(=O)OC)OC1(C)c1ccccc1. The average molecular weight is 220 g/mol. The van der Waals surface area contributed by atoms with E-state index in [1.54, 1.807) is 0 Å². The topological polar surface area (TPSA) is 38.8 Å². The van der Waals surface area contributed by atoms with Crippen LogP contribution in [-0.2, 0) is 19.9 Å². The first-order valence-electron chi connectivity index (χ1n) is 5.45. The second-order valence-corrected chi connectivity index (χ2v) is 4.17. The first-order chi connectivity index (χ1) is 7.60. The number of hydrogen-bond donors (Lipinski definition) is 0. The summed E-state index contributed by atoms with van der Waals surface area (Å²) < 4.78 is 10.5. The zero-order valence-electron chi connectivity index (χ0n) is 9.82. The summed E-state index contributed by atoms with van der Waals surface area (Å²) in [7, 11) is 1.40. The van der Waals surface area contributed by atoms with Gasteiger partial charge in [-0.1, -0.05) is 37.3 Å². The van der Waals surface area contributed by atoms with Crippen LogP contribution in [0.25, 0.3) is 0 Å². The Hall–Kier alpha value is -1.35. The van der Waals surface area contributed by atoms with Gasteiger partial charge in [-0.05, 0) is 18.9 Å². The molecule has 1 heterocycles. The molecule has 2 unspecified atom stereocenters. The molecular formula is C13H16O3. The maximum absolute atomic E-state index is 11.8. The number of carbonyl (C=O) groups excluding carboxylic acids is 1. The molecule has 3 heteroatoms. The number of benzene rings is 1. The molecule has 2 rings (SSSR count). The number of carbonyl (C=O) groups is 1. The van der Waals surface area contributed by atoms with Gasteiger partial charge in [-0.3, -0.25) is 0 Å². The molecule has 1 fully saturated rings. The summed E-state index contributed by atoms with van der Waals surface area (Å²) in [4.78, 5) is 11.8. The van der Waals surface area contributed by atoms with E-state index >= 15 is 0 Å². The number of rotatable bonds is 3. The van der Waals surface area contributed by atoms with Crippen LogP contribution in [0, 0.1) is 0 Å². The molecule has 1 aliphatic rings. The van der Waals surface area contributed by atoms with Crippen LogP contribution in [0.3, 0.4) is 0 Å². The van der Waals surface area contributed by atoms with E-state index in [0.717, 1.165) is 5.56 Å². The van der Waals surface area contributed by atoms with E-state index in [-0.39, 0.29) is 5.97 Å². The standard InChI is InChI=1S/C13H16O3/c1-4-13(11(14)15-3)12(2,16-13)10-8-6-5-7-9-10/h5-9H,4H2,1-3H3. The van der Waals surface area contributed by atoms with Crippen molar-refractivity contribution in [2.45, 2.75) is 31.5 Å². The second-order valence-electron chi connectivity index (χ2n) is 4.17. The van der Waals surface area contributed by atoms with Crippen molar-refractivity contribution in [3.8, 4) is 0 Å². The molecule has 1 aromatic rings. The number of epoxide rings is 1. The summed E-state index contributed by atoms with van der Waals surface area (Å²) in [6.07, 6.45) is 0.616. The van der Waals surface area contributed by atoms with Crippen molar-refractivity contribution < 1.29 is 14.3 Å². The van der Waals surface area contributed by atoms with Crippen molar-refractivity contribution in [2.24, 2.45) is 0 Å². The summed E-state index contributed by atoms with van der Waals surface area (Å²) in [5.74, 6) is -0.290. The molecule has 16 heavy (non-hydrogen) atoms. The molecule has 0 N–H and O–H groups in total. The largest absolute Gasteiger partial charge is 0.467 e. The molecule has 2 atom stereocenters. The van der Waals surface area contributed by atoms with Crippen molar-refractivity contribution in [3.05, 3.63) is 35.9 Å². The van der Waals surface area contributed by atoms with Crippen LogP contribution >= 0.6 is 0 Å². The molecule has 1 aromatic carbocycles. The van der Waals surface area contributed by atoms with Crippen LogP contribution < -0.4 is 0 Å². The van der Waals surface area contributed by atoms with Gasteiger partial charge in [0.15, 0.2) is 5.60 Å². The monoisotopic (exact) mass is 220 g/mol. The van der Waals surface area contributed by atoms with E-state index in [0.29, 0.717) is 6.42 Å². The highest BCUT2D eigenvalue weighted by atomic mass is 16.7. The Morgan fingerprint density at radius 2 is 2.00 bits per heavy atom. The van der Waals surface area contributed by atoms with Crippen LogP contribution in [0.4, 0.5) is 0 Å². The van der Waals surface area contributed by atoms with E-state index < -0.39 is 11.2 Å². The number of methoxy groups -OCH3 is 1. The highest BCUT2D eigenvalue weighted by molar-refractivity contribution is 5.85. The molecule has 0 radical (unpaired) electrons. The third-order valence-electron chi connectivity index (χ3n) is 3.44. The third kappa shape index (κ3) is 1.28. The molecule has 0 aliphatic carbocycles. The Morgan fingerprint density at radius 1 is 1.38 bits per heavy atom. The Labute approximate surface area is 95.4 Å². The van der Waals surface area contributed by atoms with Crippen LogP contribution in [-0.4, -0.2) is 18.7 Å². The van der Waals surface area contributed by atoms with Gasteiger partial charge in [0.25, 0.3) is 0 Å². The lowest BCUT2D eigenvalue weighted by atomic mass is 9.86. The quantitative estimate of drug-likeness (QED) is 0.579. The smallest absolute Gasteiger partial charge is 0.341 e. The fraction of sp³-hybridized carbons (Fsp3) is 0.462. The highest BCUT2D eigenvalue weighted by Gasteiger charge is 2.72. The Balaban J connectivity index is 2.34. The normalized spacial score (nSPS) is 32.2. The zero-order chi connectivity index (χ0) is 11.8. The predicted octanol–water partition coefficient (Wildman–Crippen LogP) is 2.25. The zero-order valence-corrected chi connectivity index (χ0v) is 9.82. The molecule has 1 saturated heterocycles. The lowest BCUT2D eigenvalue weighted by Gasteiger charge is -2.13. The van der Waals surface area contributed by atoms with Crippen LogP contribution in [0.15, 0.2) is 30.3 Å². The van der Waals surface area contributed by atoms with Crippen LogP contribution in [0.5, 0.6) is 0 Å². The van der Waals surface area contributed by atoms with Gasteiger partial charge in [0.05, 0.1) is 7.11 Å². The number of esters is 1. The fourth-order valence-electron chi connectivity index (χ4n) is 2.33. The molecule has 0 spiro atoms. The van der Waals surface area contributed by atoms with Gasteiger partial charge in [-0.25, -0.2) is 4.79 Å². The van der Waals surface area contributed by atoms with Crippen molar-refractivity contribution in [2.75, 3.05) is 7.11 Å². The highest BCUT2D eigenvalue weighted by Crippen LogP contribution is 2.57. The molecule has 86 valence electrons. The van der Waals surface area contributed by atoms with Gasteiger partial charge in [-0.2, -0.15) is 0 Å². The Kier molecular flexibility index (Phi) is 2.50. The molecule has 0 amide bonds. The van der Waals surface area contributed by atoms with Crippen LogP contribution in [0.2, 0.25) is 0 Å². The average Bonchev–Trinajstić information content (AvgIpc) is 2.98. The summed E-state index contributed by atoms with van der Waals surface area (Å²) in [5.41, 5.74) is -0.332. The van der Waals surface area contributed by atoms with E-state index in [9.17, 15) is 4.79 Å². The minimum atomic E-state index is -0.802. The third-order valence-corrected chi connectivity index (χ3v) is 3.44. The van der Waals surface area contributed by atoms with E-state index in [2.05, 4.69) is 0 Å². The lowest BCUT2D eigenvalue weighted by Crippen LogP contribution is -2.32. The van der Waals surface area contributed by atoms with Crippen molar-refractivity contribution in [1.82, 2.24) is 0 Å². The molecule has 3 nitrogen and oxygen atoms in total. The summed E-state index contributed by atoms with van der Waals surface area (Å²) >= 11 is 0. The van der Waals surface area contributed by atoms with Crippen molar-refractivity contribution in [1.29, 1.82) is 0 Å². The molecule has 0 bridgehead atoms. The molecular weight excluding hydrogens is 204 g/mol.